The predicted octanol–water partition coefficient (Wildman–Crippen LogP) is 4.26. The molecule has 23 heavy (non-hydrogen) atoms. The van der Waals surface area contributed by atoms with Gasteiger partial charge in [-0.3, -0.25) is 4.79 Å². The van der Waals surface area contributed by atoms with Crippen molar-refractivity contribution in [2.75, 3.05) is 21.3 Å². The summed E-state index contributed by atoms with van der Waals surface area (Å²) in [5, 5.41) is 0.579. The molecule has 0 unspecified atom stereocenters. The maximum absolute atomic E-state index is 12.5. The first-order valence-electron chi connectivity index (χ1n) is 6.88. The number of allylic oxidation sites excluding steroid dienone is 1. The topological polar surface area (TPSA) is 44.8 Å². The lowest BCUT2D eigenvalue weighted by Gasteiger charge is -2.14. The molecule has 2 rings (SSSR count). The first-order valence-corrected chi connectivity index (χ1v) is 7.26. The Labute approximate surface area is 140 Å². The van der Waals surface area contributed by atoms with Crippen molar-refractivity contribution in [3.63, 3.8) is 0 Å². The van der Waals surface area contributed by atoms with E-state index < -0.39 is 0 Å². The zero-order valence-corrected chi connectivity index (χ0v) is 13.9. The molecule has 0 fully saturated rings. The van der Waals surface area contributed by atoms with Gasteiger partial charge in [0.25, 0.3) is 0 Å². The number of rotatable bonds is 6. The largest absolute Gasteiger partial charge is 0.493 e. The zero-order chi connectivity index (χ0) is 16.8. The van der Waals surface area contributed by atoms with Crippen LogP contribution in [-0.4, -0.2) is 27.1 Å². The van der Waals surface area contributed by atoms with Gasteiger partial charge >= 0.3 is 0 Å². The van der Waals surface area contributed by atoms with Gasteiger partial charge in [0.15, 0.2) is 17.3 Å². The summed E-state index contributed by atoms with van der Waals surface area (Å²) in [4.78, 5) is 12.5. The van der Waals surface area contributed by atoms with Crippen molar-refractivity contribution >= 4 is 23.5 Å². The fourth-order valence-electron chi connectivity index (χ4n) is 2.16. The van der Waals surface area contributed by atoms with Gasteiger partial charge in [0.05, 0.1) is 26.9 Å². The molecule has 0 spiro atoms. The normalized spacial score (nSPS) is 10.6. The molecule has 0 aliphatic heterocycles. The number of carbonyl (C=O) groups excluding carboxylic acids is 1. The summed E-state index contributed by atoms with van der Waals surface area (Å²) < 4.78 is 15.8. The lowest BCUT2D eigenvalue weighted by Crippen LogP contribution is -2.02. The van der Waals surface area contributed by atoms with E-state index in [1.807, 2.05) is 18.2 Å². The SMILES string of the molecule is COc1ccc(C(=O)/C=C/c2ccccc2Cl)c(OC)c1OC. The second kappa shape index (κ2) is 7.70. The molecule has 0 N–H and O–H groups in total. The molecule has 0 heterocycles. The minimum absolute atomic E-state index is 0.220. The molecule has 2 aromatic carbocycles. The van der Waals surface area contributed by atoms with Gasteiger partial charge in [0.2, 0.25) is 5.75 Å². The van der Waals surface area contributed by atoms with Gasteiger partial charge in [0.1, 0.15) is 0 Å². The Morgan fingerprint density at radius 2 is 1.65 bits per heavy atom. The molecule has 0 aliphatic rings. The highest BCUT2D eigenvalue weighted by atomic mass is 35.5. The number of methoxy groups -OCH3 is 3. The van der Waals surface area contributed by atoms with Crippen molar-refractivity contribution in [1.82, 2.24) is 0 Å². The number of ketones is 1. The summed E-state index contributed by atoms with van der Waals surface area (Å²) in [5.41, 5.74) is 1.15. The highest BCUT2D eigenvalue weighted by Crippen LogP contribution is 2.40. The molecule has 120 valence electrons. The third-order valence-corrected chi connectivity index (χ3v) is 3.63. The Balaban J connectivity index is 2.38. The second-order valence-electron chi connectivity index (χ2n) is 4.60. The van der Waals surface area contributed by atoms with Crippen LogP contribution in [0.1, 0.15) is 15.9 Å². The monoisotopic (exact) mass is 332 g/mol. The standard InChI is InChI=1S/C18H17ClO4/c1-21-16-11-9-13(17(22-2)18(16)23-3)15(20)10-8-12-6-4-5-7-14(12)19/h4-11H,1-3H3/b10-8+. The lowest BCUT2D eigenvalue weighted by molar-refractivity contribution is 0.104. The highest BCUT2D eigenvalue weighted by molar-refractivity contribution is 6.32. The number of halogens is 1. The molecular formula is C18H17ClO4. The van der Waals surface area contributed by atoms with Crippen molar-refractivity contribution in [3.05, 3.63) is 58.6 Å². The number of hydrogen-bond donors (Lipinski definition) is 0. The Morgan fingerprint density at radius 3 is 2.26 bits per heavy atom. The Kier molecular flexibility index (Phi) is 5.66. The van der Waals surface area contributed by atoms with E-state index in [2.05, 4.69) is 0 Å². The maximum atomic E-state index is 12.5. The summed E-state index contributed by atoms with van der Waals surface area (Å²) in [6.07, 6.45) is 3.12. The van der Waals surface area contributed by atoms with E-state index in [9.17, 15) is 4.79 Å². The van der Waals surface area contributed by atoms with Gasteiger partial charge in [-0.15, -0.1) is 0 Å². The van der Waals surface area contributed by atoms with E-state index in [1.54, 1.807) is 24.3 Å². The average molecular weight is 333 g/mol. The zero-order valence-electron chi connectivity index (χ0n) is 13.1. The van der Waals surface area contributed by atoms with Crippen LogP contribution in [0.3, 0.4) is 0 Å². The van der Waals surface area contributed by atoms with Gasteiger partial charge in [-0.25, -0.2) is 0 Å². The van der Waals surface area contributed by atoms with Crippen molar-refractivity contribution in [2.45, 2.75) is 0 Å². The van der Waals surface area contributed by atoms with Crippen LogP contribution < -0.4 is 14.2 Å². The highest BCUT2D eigenvalue weighted by Gasteiger charge is 2.19. The van der Waals surface area contributed by atoms with E-state index in [4.69, 9.17) is 25.8 Å². The van der Waals surface area contributed by atoms with Crippen LogP contribution in [0.15, 0.2) is 42.5 Å². The summed E-state index contributed by atoms with van der Waals surface area (Å²) in [5.74, 6) is 0.992. The Morgan fingerprint density at radius 1 is 0.957 bits per heavy atom. The summed E-state index contributed by atoms with van der Waals surface area (Å²) in [7, 11) is 4.50. The van der Waals surface area contributed by atoms with E-state index in [0.717, 1.165) is 5.56 Å². The first-order chi connectivity index (χ1) is 11.1. The molecule has 0 bridgehead atoms. The second-order valence-corrected chi connectivity index (χ2v) is 5.01. The van der Waals surface area contributed by atoms with Crippen LogP contribution in [0.25, 0.3) is 6.08 Å². The molecular weight excluding hydrogens is 316 g/mol. The van der Waals surface area contributed by atoms with Crippen LogP contribution in [0.5, 0.6) is 17.2 Å². The molecule has 2 aromatic rings. The fourth-order valence-corrected chi connectivity index (χ4v) is 2.36. The lowest BCUT2D eigenvalue weighted by atomic mass is 10.1. The van der Waals surface area contributed by atoms with Crippen LogP contribution >= 0.6 is 11.6 Å². The minimum atomic E-state index is -0.220. The molecule has 0 saturated carbocycles. The molecule has 0 aromatic heterocycles. The molecule has 0 radical (unpaired) electrons. The fraction of sp³-hybridized carbons (Fsp3) is 0.167. The van der Waals surface area contributed by atoms with Crippen molar-refractivity contribution in [3.8, 4) is 17.2 Å². The quantitative estimate of drug-likeness (QED) is 0.585. The molecule has 5 heteroatoms. The molecule has 0 saturated heterocycles. The molecule has 4 nitrogen and oxygen atoms in total. The Bertz CT molecular complexity index is 738. The number of ether oxygens (including phenoxy) is 3. The third-order valence-electron chi connectivity index (χ3n) is 3.29. The van der Waals surface area contributed by atoms with E-state index >= 15 is 0 Å². The van der Waals surface area contributed by atoms with Crippen LogP contribution in [0, 0.1) is 0 Å². The van der Waals surface area contributed by atoms with Crippen molar-refractivity contribution in [2.24, 2.45) is 0 Å². The average Bonchev–Trinajstić information content (AvgIpc) is 2.59. The Hall–Kier alpha value is -2.46. The molecule has 0 aliphatic carbocycles. The van der Waals surface area contributed by atoms with Gasteiger partial charge in [-0.2, -0.15) is 0 Å². The molecule has 0 amide bonds. The molecule has 0 atom stereocenters. The van der Waals surface area contributed by atoms with E-state index in [0.29, 0.717) is 27.8 Å². The number of benzene rings is 2. The van der Waals surface area contributed by atoms with E-state index in [1.165, 1.54) is 27.4 Å². The number of carbonyl (C=O) groups is 1. The van der Waals surface area contributed by atoms with Gasteiger partial charge in [-0.1, -0.05) is 29.8 Å². The summed E-state index contributed by atoms with van der Waals surface area (Å²) in [6.45, 7) is 0. The van der Waals surface area contributed by atoms with E-state index in [-0.39, 0.29) is 5.78 Å². The number of hydrogen-bond acceptors (Lipinski definition) is 4. The smallest absolute Gasteiger partial charge is 0.204 e. The van der Waals surface area contributed by atoms with Gasteiger partial charge < -0.3 is 14.2 Å². The summed E-state index contributed by atoms with van der Waals surface area (Å²) in [6, 6.07) is 10.6. The third kappa shape index (κ3) is 3.66. The van der Waals surface area contributed by atoms with Gasteiger partial charge in [0, 0.05) is 5.02 Å². The van der Waals surface area contributed by atoms with Gasteiger partial charge in [-0.05, 0) is 35.9 Å². The van der Waals surface area contributed by atoms with Crippen molar-refractivity contribution in [1.29, 1.82) is 0 Å². The van der Waals surface area contributed by atoms with Crippen LogP contribution in [-0.2, 0) is 0 Å². The van der Waals surface area contributed by atoms with Crippen molar-refractivity contribution < 1.29 is 19.0 Å². The van der Waals surface area contributed by atoms with Crippen LogP contribution in [0.2, 0.25) is 5.02 Å². The van der Waals surface area contributed by atoms with Crippen LogP contribution in [0.4, 0.5) is 0 Å². The summed E-state index contributed by atoms with van der Waals surface area (Å²) >= 11 is 6.08. The minimum Gasteiger partial charge on any atom is -0.493 e. The first kappa shape index (κ1) is 16.9. The predicted molar refractivity (Wildman–Crippen MR) is 90.9 cm³/mol. The maximum Gasteiger partial charge on any atom is 0.204 e.